The van der Waals surface area contributed by atoms with E-state index in [-0.39, 0.29) is 5.97 Å². The number of hydrogen-bond donors (Lipinski definition) is 1. The van der Waals surface area contributed by atoms with Gasteiger partial charge in [0.05, 0.1) is 18.8 Å². The smallest absolute Gasteiger partial charge is 0.338 e. The summed E-state index contributed by atoms with van der Waals surface area (Å²) in [4.78, 5) is 11.5. The fourth-order valence-corrected chi connectivity index (χ4v) is 2.16. The van der Waals surface area contributed by atoms with Gasteiger partial charge in [-0.15, -0.1) is 0 Å². The van der Waals surface area contributed by atoms with E-state index in [1.54, 1.807) is 19.1 Å². The number of hydrogen-bond acceptors (Lipinski definition) is 4. The summed E-state index contributed by atoms with van der Waals surface area (Å²) >= 11 is 0. The van der Waals surface area contributed by atoms with Gasteiger partial charge in [0.15, 0.2) is 0 Å². The Balaban J connectivity index is 1.82. The minimum Gasteiger partial charge on any atom is -0.493 e. The lowest BCUT2D eigenvalue weighted by atomic mass is 9.99. The van der Waals surface area contributed by atoms with Crippen LogP contribution >= 0.6 is 0 Å². The minimum atomic E-state index is -0.285. The highest BCUT2D eigenvalue weighted by Crippen LogP contribution is 2.17. The Morgan fingerprint density at radius 1 is 1.26 bits per heavy atom. The van der Waals surface area contributed by atoms with Crippen LogP contribution in [-0.4, -0.2) is 32.3 Å². The quantitative estimate of drug-likeness (QED) is 0.828. The lowest BCUT2D eigenvalue weighted by Gasteiger charge is -2.22. The molecule has 1 aliphatic rings. The van der Waals surface area contributed by atoms with Gasteiger partial charge in [-0.2, -0.15) is 0 Å². The van der Waals surface area contributed by atoms with Gasteiger partial charge in [-0.25, -0.2) is 4.79 Å². The van der Waals surface area contributed by atoms with Crippen LogP contribution in [0.25, 0.3) is 0 Å². The van der Waals surface area contributed by atoms with E-state index in [0.29, 0.717) is 18.1 Å². The molecule has 0 atom stereocenters. The van der Waals surface area contributed by atoms with Gasteiger partial charge in [-0.3, -0.25) is 0 Å². The lowest BCUT2D eigenvalue weighted by Crippen LogP contribution is -2.30. The molecule has 1 fully saturated rings. The van der Waals surface area contributed by atoms with Crippen LogP contribution in [-0.2, 0) is 4.74 Å². The molecule has 2 rings (SSSR count). The zero-order valence-electron chi connectivity index (χ0n) is 11.4. The molecule has 1 aromatic carbocycles. The van der Waals surface area contributed by atoms with Gasteiger partial charge >= 0.3 is 5.97 Å². The summed E-state index contributed by atoms with van der Waals surface area (Å²) in [6.07, 6.45) is 2.34. The number of carbonyl (C=O) groups is 1. The van der Waals surface area contributed by atoms with E-state index in [1.165, 1.54) is 12.8 Å². The summed E-state index contributed by atoms with van der Waals surface area (Å²) in [6, 6.07) is 7.15. The normalized spacial score (nSPS) is 16.1. The second-order valence-corrected chi connectivity index (χ2v) is 4.75. The lowest BCUT2D eigenvalue weighted by molar-refractivity contribution is 0.0526. The van der Waals surface area contributed by atoms with Crippen molar-refractivity contribution in [3.63, 3.8) is 0 Å². The Labute approximate surface area is 114 Å². The summed E-state index contributed by atoms with van der Waals surface area (Å²) in [7, 11) is 0. The van der Waals surface area contributed by atoms with Gasteiger partial charge in [0.2, 0.25) is 0 Å². The van der Waals surface area contributed by atoms with Gasteiger partial charge in [0.25, 0.3) is 0 Å². The summed E-state index contributed by atoms with van der Waals surface area (Å²) in [5.41, 5.74) is 0.566. The van der Waals surface area contributed by atoms with Gasteiger partial charge in [-0.1, -0.05) is 0 Å². The molecule has 0 unspecified atom stereocenters. The molecule has 104 valence electrons. The predicted octanol–water partition coefficient (Wildman–Crippen LogP) is 2.24. The van der Waals surface area contributed by atoms with Crippen LogP contribution in [0.15, 0.2) is 24.3 Å². The van der Waals surface area contributed by atoms with E-state index in [1.807, 2.05) is 12.1 Å². The Hall–Kier alpha value is -1.55. The van der Waals surface area contributed by atoms with E-state index >= 15 is 0 Å². The van der Waals surface area contributed by atoms with Crippen molar-refractivity contribution in [2.45, 2.75) is 19.8 Å². The second-order valence-electron chi connectivity index (χ2n) is 4.75. The number of ether oxygens (including phenoxy) is 2. The zero-order valence-corrected chi connectivity index (χ0v) is 11.4. The van der Waals surface area contributed by atoms with Crippen LogP contribution in [0.2, 0.25) is 0 Å². The maximum absolute atomic E-state index is 11.5. The van der Waals surface area contributed by atoms with Crippen LogP contribution in [0.5, 0.6) is 5.75 Å². The van der Waals surface area contributed by atoms with Crippen molar-refractivity contribution >= 4 is 5.97 Å². The number of benzene rings is 1. The van der Waals surface area contributed by atoms with Crippen molar-refractivity contribution < 1.29 is 14.3 Å². The molecule has 0 spiro atoms. The topological polar surface area (TPSA) is 47.6 Å². The molecule has 0 saturated carbocycles. The average molecular weight is 263 g/mol. The number of rotatable bonds is 5. The van der Waals surface area contributed by atoms with E-state index in [2.05, 4.69) is 5.32 Å². The zero-order chi connectivity index (χ0) is 13.5. The van der Waals surface area contributed by atoms with Crippen molar-refractivity contribution in [3.8, 4) is 5.75 Å². The van der Waals surface area contributed by atoms with Gasteiger partial charge in [0.1, 0.15) is 5.75 Å². The van der Waals surface area contributed by atoms with Crippen LogP contribution in [0, 0.1) is 5.92 Å². The summed E-state index contributed by atoms with van der Waals surface area (Å²) in [6.45, 7) is 5.10. The monoisotopic (exact) mass is 263 g/mol. The van der Waals surface area contributed by atoms with Crippen molar-refractivity contribution in [1.29, 1.82) is 0 Å². The van der Waals surface area contributed by atoms with E-state index < -0.39 is 0 Å². The highest BCUT2D eigenvalue weighted by molar-refractivity contribution is 5.89. The molecule has 0 amide bonds. The van der Waals surface area contributed by atoms with Crippen molar-refractivity contribution in [2.75, 3.05) is 26.3 Å². The Bertz CT molecular complexity index is 396. The molecule has 1 N–H and O–H groups in total. The molecule has 0 aromatic heterocycles. The molecule has 19 heavy (non-hydrogen) atoms. The van der Waals surface area contributed by atoms with Crippen LogP contribution < -0.4 is 10.1 Å². The van der Waals surface area contributed by atoms with Crippen LogP contribution in [0.3, 0.4) is 0 Å². The maximum atomic E-state index is 11.5. The van der Waals surface area contributed by atoms with Gasteiger partial charge in [-0.05, 0) is 63.0 Å². The molecule has 1 heterocycles. The molecule has 4 nitrogen and oxygen atoms in total. The van der Waals surface area contributed by atoms with Crippen LogP contribution in [0.4, 0.5) is 0 Å². The van der Waals surface area contributed by atoms with E-state index in [0.717, 1.165) is 25.4 Å². The molecule has 0 radical (unpaired) electrons. The average Bonchev–Trinajstić information content (AvgIpc) is 2.47. The standard InChI is InChI=1S/C15H21NO3/c1-2-18-15(17)13-3-5-14(6-4-13)19-11-12-7-9-16-10-8-12/h3-6,12,16H,2,7-11H2,1H3. The molecule has 1 saturated heterocycles. The first-order chi connectivity index (χ1) is 9.29. The molecule has 0 bridgehead atoms. The molecule has 1 aromatic rings. The number of nitrogens with one attached hydrogen (secondary N) is 1. The number of carbonyl (C=O) groups excluding carboxylic acids is 1. The molecule has 1 aliphatic heterocycles. The summed E-state index contributed by atoms with van der Waals surface area (Å²) in [5.74, 6) is 1.16. The van der Waals surface area contributed by atoms with Crippen molar-refractivity contribution in [3.05, 3.63) is 29.8 Å². The predicted molar refractivity (Wildman–Crippen MR) is 73.5 cm³/mol. The molecule has 0 aliphatic carbocycles. The number of piperidine rings is 1. The third kappa shape index (κ3) is 4.24. The van der Waals surface area contributed by atoms with Crippen LogP contribution in [0.1, 0.15) is 30.1 Å². The highest BCUT2D eigenvalue weighted by Gasteiger charge is 2.13. The second kappa shape index (κ2) is 7.14. The number of esters is 1. The molecular formula is C15H21NO3. The fraction of sp³-hybridized carbons (Fsp3) is 0.533. The summed E-state index contributed by atoms with van der Waals surface area (Å²) in [5, 5.41) is 3.34. The first-order valence-corrected chi connectivity index (χ1v) is 6.90. The summed E-state index contributed by atoms with van der Waals surface area (Å²) < 4.78 is 10.7. The fourth-order valence-electron chi connectivity index (χ4n) is 2.16. The maximum Gasteiger partial charge on any atom is 0.338 e. The third-order valence-electron chi connectivity index (χ3n) is 3.31. The van der Waals surface area contributed by atoms with Crippen molar-refractivity contribution in [2.24, 2.45) is 5.92 Å². The Morgan fingerprint density at radius 3 is 2.58 bits per heavy atom. The first kappa shape index (κ1) is 13.9. The van der Waals surface area contributed by atoms with Crippen molar-refractivity contribution in [1.82, 2.24) is 5.32 Å². The highest BCUT2D eigenvalue weighted by atomic mass is 16.5. The van der Waals surface area contributed by atoms with Gasteiger partial charge in [0, 0.05) is 0 Å². The minimum absolute atomic E-state index is 0.285. The third-order valence-corrected chi connectivity index (χ3v) is 3.31. The first-order valence-electron chi connectivity index (χ1n) is 6.90. The van der Waals surface area contributed by atoms with Gasteiger partial charge < -0.3 is 14.8 Å². The van der Waals surface area contributed by atoms with E-state index in [9.17, 15) is 4.79 Å². The Kier molecular flexibility index (Phi) is 5.21. The molecular weight excluding hydrogens is 242 g/mol. The van der Waals surface area contributed by atoms with E-state index in [4.69, 9.17) is 9.47 Å². The Morgan fingerprint density at radius 2 is 1.95 bits per heavy atom. The SMILES string of the molecule is CCOC(=O)c1ccc(OCC2CCNCC2)cc1. The largest absolute Gasteiger partial charge is 0.493 e. The molecule has 4 heteroatoms.